The van der Waals surface area contributed by atoms with E-state index in [1.165, 1.54) is 24.2 Å². The molecule has 1 saturated heterocycles. The minimum absolute atomic E-state index is 0.101. The number of amides is 2. The van der Waals surface area contributed by atoms with Gasteiger partial charge in [0.15, 0.2) is 0 Å². The molecule has 120 valence electrons. The first-order valence-electron chi connectivity index (χ1n) is 8.01. The fourth-order valence-corrected chi connectivity index (χ4v) is 3.60. The average Bonchev–Trinajstić information content (AvgIpc) is 2.88. The Kier molecular flexibility index (Phi) is 5.45. The molecule has 3 N–H and O–H groups in total. The van der Waals surface area contributed by atoms with Crippen molar-refractivity contribution >= 4 is 12.0 Å². The zero-order valence-corrected chi connectivity index (χ0v) is 12.6. The van der Waals surface area contributed by atoms with Crippen LogP contribution >= 0.6 is 0 Å². The molecule has 1 aliphatic carbocycles. The van der Waals surface area contributed by atoms with Gasteiger partial charge in [-0.3, -0.25) is 0 Å². The van der Waals surface area contributed by atoms with Gasteiger partial charge in [0.05, 0.1) is 6.10 Å². The molecule has 1 saturated carbocycles. The second-order valence-electron chi connectivity index (χ2n) is 6.26. The van der Waals surface area contributed by atoms with Crippen molar-refractivity contribution in [3.63, 3.8) is 0 Å². The Morgan fingerprint density at radius 3 is 2.52 bits per heavy atom. The molecule has 0 aromatic heterocycles. The van der Waals surface area contributed by atoms with Crippen molar-refractivity contribution in [1.82, 2.24) is 10.2 Å². The topological polar surface area (TPSA) is 89.9 Å². The first kappa shape index (κ1) is 16.1. The van der Waals surface area contributed by atoms with E-state index in [1.54, 1.807) is 0 Å². The van der Waals surface area contributed by atoms with Gasteiger partial charge in [-0.25, -0.2) is 9.59 Å². The van der Waals surface area contributed by atoms with Gasteiger partial charge in [0.25, 0.3) is 0 Å². The predicted molar refractivity (Wildman–Crippen MR) is 77.9 cm³/mol. The van der Waals surface area contributed by atoms with Crippen LogP contribution in [0, 0.1) is 5.92 Å². The van der Waals surface area contributed by atoms with Crippen molar-refractivity contribution < 1.29 is 19.8 Å². The normalized spacial score (nSPS) is 28.4. The number of hydrogen-bond acceptors (Lipinski definition) is 3. The van der Waals surface area contributed by atoms with E-state index in [2.05, 4.69) is 5.32 Å². The summed E-state index contributed by atoms with van der Waals surface area (Å²) in [6, 6.07) is -1.16. The van der Waals surface area contributed by atoms with Crippen LogP contribution in [0.2, 0.25) is 0 Å². The van der Waals surface area contributed by atoms with E-state index < -0.39 is 18.1 Å². The number of likely N-dealkylation sites (tertiary alicyclic amines) is 1. The molecule has 2 amide bonds. The molecule has 0 aromatic rings. The van der Waals surface area contributed by atoms with Gasteiger partial charge in [-0.2, -0.15) is 0 Å². The van der Waals surface area contributed by atoms with Gasteiger partial charge in [0.1, 0.15) is 6.04 Å². The number of nitrogens with zero attached hydrogens (tertiary/aromatic N) is 1. The fourth-order valence-electron chi connectivity index (χ4n) is 3.60. The highest BCUT2D eigenvalue weighted by molar-refractivity contribution is 5.83. The van der Waals surface area contributed by atoms with Crippen molar-refractivity contribution in [2.24, 2.45) is 5.92 Å². The second-order valence-corrected chi connectivity index (χ2v) is 6.26. The molecule has 0 aromatic carbocycles. The molecule has 0 spiro atoms. The maximum absolute atomic E-state index is 12.4. The zero-order valence-electron chi connectivity index (χ0n) is 12.6. The summed E-state index contributed by atoms with van der Waals surface area (Å²) in [6.45, 7) is 2.15. The first-order valence-corrected chi connectivity index (χ1v) is 8.01. The van der Waals surface area contributed by atoms with Crippen molar-refractivity contribution in [3.05, 3.63) is 0 Å². The van der Waals surface area contributed by atoms with Gasteiger partial charge in [-0.05, 0) is 25.2 Å². The van der Waals surface area contributed by atoms with Crippen LogP contribution in [0.25, 0.3) is 0 Å². The summed E-state index contributed by atoms with van der Waals surface area (Å²) in [4.78, 5) is 24.8. The third-order valence-electron chi connectivity index (χ3n) is 4.79. The maximum atomic E-state index is 12.4. The third-order valence-corrected chi connectivity index (χ3v) is 4.79. The summed E-state index contributed by atoms with van der Waals surface area (Å²) in [5.74, 6) is -0.559. The van der Waals surface area contributed by atoms with Crippen LogP contribution in [0.4, 0.5) is 4.79 Å². The minimum Gasteiger partial charge on any atom is -0.480 e. The Bertz CT molecular complexity index is 382. The number of aliphatic carboxylic acids is 1. The van der Waals surface area contributed by atoms with Gasteiger partial charge < -0.3 is 20.4 Å². The zero-order chi connectivity index (χ0) is 15.4. The molecule has 0 bridgehead atoms. The van der Waals surface area contributed by atoms with Gasteiger partial charge in [0.2, 0.25) is 0 Å². The lowest BCUT2D eigenvalue weighted by Crippen LogP contribution is -2.51. The summed E-state index contributed by atoms with van der Waals surface area (Å²) >= 11 is 0. The molecule has 2 aliphatic rings. The fraction of sp³-hybridized carbons (Fsp3) is 0.867. The number of carboxylic acid groups (broad SMARTS) is 1. The van der Waals surface area contributed by atoms with Crippen LogP contribution in [0.5, 0.6) is 0 Å². The summed E-state index contributed by atoms with van der Waals surface area (Å²) in [6.07, 6.45) is 6.15. The van der Waals surface area contributed by atoms with E-state index in [9.17, 15) is 14.7 Å². The Labute approximate surface area is 125 Å². The molecule has 6 heteroatoms. The molecular weight excluding hydrogens is 272 g/mol. The number of urea groups is 1. The smallest absolute Gasteiger partial charge is 0.326 e. The van der Waals surface area contributed by atoms with Crippen molar-refractivity contribution in [1.29, 1.82) is 0 Å². The minimum atomic E-state index is -1.05. The van der Waals surface area contributed by atoms with Crippen LogP contribution in [0.15, 0.2) is 0 Å². The highest BCUT2D eigenvalue weighted by atomic mass is 16.4. The van der Waals surface area contributed by atoms with Crippen LogP contribution in [-0.2, 0) is 4.79 Å². The summed E-state index contributed by atoms with van der Waals surface area (Å²) in [5, 5.41) is 21.8. The summed E-state index contributed by atoms with van der Waals surface area (Å²) < 4.78 is 0. The molecule has 0 radical (unpaired) electrons. The molecule has 6 nitrogen and oxygen atoms in total. The molecule has 3 atom stereocenters. The van der Waals surface area contributed by atoms with E-state index in [1.807, 2.05) is 6.92 Å². The average molecular weight is 298 g/mol. The maximum Gasteiger partial charge on any atom is 0.326 e. The molecule has 1 heterocycles. The quantitative estimate of drug-likeness (QED) is 0.735. The standard InChI is InChI=1S/C15H26N2O4/c1-2-12(10-6-4-3-5-7-10)16-15(21)17-9-11(18)8-13(17)14(19)20/h10-13,18H,2-9H2,1H3,(H,16,21)(H,19,20)/t11-,12?,13-/m0/s1. The van der Waals surface area contributed by atoms with Gasteiger partial charge >= 0.3 is 12.0 Å². The number of aliphatic hydroxyl groups excluding tert-OH is 1. The monoisotopic (exact) mass is 298 g/mol. The van der Waals surface area contributed by atoms with Crippen molar-refractivity contribution in [3.8, 4) is 0 Å². The summed E-state index contributed by atoms with van der Waals surface area (Å²) in [5.41, 5.74) is 0. The number of carbonyl (C=O) groups is 2. The number of hydrogen-bond donors (Lipinski definition) is 3. The number of carboxylic acids is 1. The van der Waals surface area contributed by atoms with Crippen LogP contribution < -0.4 is 5.32 Å². The van der Waals surface area contributed by atoms with Crippen LogP contribution in [-0.4, -0.2) is 51.8 Å². The number of β-amino-alcohol motifs (C(OH)–C–C–N with tert-alkyl or cyclic N) is 1. The lowest BCUT2D eigenvalue weighted by molar-refractivity contribution is -0.141. The van der Waals surface area contributed by atoms with E-state index in [0.717, 1.165) is 19.3 Å². The van der Waals surface area contributed by atoms with Crippen LogP contribution in [0.3, 0.4) is 0 Å². The van der Waals surface area contributed by atoms with Crippen molar-refractivity contribution in [2.75, 3.05) is 6.54 Å². The third kappa shape index (κ3) is 3.87. The van der Waals surface area contributed by atoms with Crippen LogP contribution in [0.1, 0.15) is 51.9 Å². The highest BCUT2D eigenvalue weighted by Gasteiger charge is 2.39. The number of aliphatic hydroxyl groups is 1. The Morgan fingerprint density at radius 1 is 1.29 bits per heavy atom. The first-order chi connectivity index (χ1) is 10.0. The van der Waals surface area contributed by atoms with E-state index in [-0.39, 0.29) is 25.0 Å². The number of rotatable bonds is 4. The highest BCUT2D eigenvalue weighted by Crippen LogP contribution is 2.28. The SMILES string of the molecule is CCC(NC(=O)N1C[C@@H](O)C[C@H]1C(=O)O)C1CCCCC1. The molecule has 1 aliphatic heterocycles. The Hall–Kier alpha value is -1.30. The Balaban J connectivity index is 1.96. The largest absolute Gasteiger partial charge is 0.480 e. The molecule has 1 unspecified atom stereocenters. The lowest BCUT2D eigenvalue weighted by Gasteiger charge is -2.32. The van der Waals surface area contributed by atoms with Gasteiger partial charge in [-0.1, -0.05) is 26.2 Å². The van der Waals surface area contributed by atoms with E-state index in [0.29, 0.717) is 5.92 Å². The second kappa shape index (κ2) is 7.11. The molecule has 21 heavy (non-hydrogen) atoms. The summed E-state index contributed by atoms with van der Waals surface area (Å²) in [7, 11) is 0. The van der Waals surface area contributed by atoms with Gasteiger partial charge in [-0.15, -0.1) is 0 Å². The predicted octanol–water partition coefficient (Wildman–Crippen LogP) is 1.57. The Morgan fingerprint density at radius 2 is 1.95 bits per heavy atom. The number of carbonyl (C=O) groups excluding carboxylic acids is 1. The van der Waals surface area contributed by atoms with E-state index in [4.69, 9.17) is 5.11 Å². The van der Waals surface area contributed by atoms with Gasteiger partial charge in [0, 0.05) is 19.0 Å². The molecular formula is C15H26N2O4. The number of nitrogens with one attached hydrogen (secondary N) is 1. The molecule has 2 rings (SSSR count). The van der Waals surface area contributed by atoms with Crippen molar-refractivity contribution in [2.45, 2.75) is 70.1 Å². The lowest BCUT2D eigenvalue weighted by atomic mass is 9.83. The van der Waals surface area contributed by atoms with E-state index >= 15 is 0 Å². The molecule has 2 fully saturated rings.